The molecule has 0 radical (unpaired) electrons. The van der Waals surface area contributed by atoms with Gasteiger partial charge in [-0.2, -0.15) is 0 Å². The quantitative estimate of drug-likeness (QED) is 0.708. The van der Waals surface area contributed by atoms with Gasteiger partial charge in [-0.05, 0) is 35.2 Å². The van der Waals surface area contributed by atoms with E-state index in [0.29, 0.717) is 16.8 Å². The van der Waals surface area contributed by atoms with E-state index < -0.39 is 17.4 Å². The summed E-state index contributed by atoms with van der Waals surface area (Å²) in [5.41, 5.74) is 12.5. The van der Waals surface area contributed by atoms with Crippen molar-refractivity contribution in [3.05, 3.63) is 71.6 Å². The molecular formula is C19H15N5O2S. The fourth-order valence-electron chi connectivity index (χ4n) is 3.16. The smallest absolute Gasteiger partial charge is 0.254 e. The van der Waals surface area contributed by atoms with E-state index in [0.717, 1.165) is 10.4 Å². The van der Waals surface area contributed by atoms with Gasteiger partial charge in [0.1, 0.15) is 0 Å². The van der Waals surface area contributed by atoms with Crippen LogP contribution in [0.15, 0.2) is 65.5 Å². The highest BCUT2D eigenvalue weighted by Crippen LogP contribution is 2.38. The van der Waals surface area contributed by atoms with Crippen molar-refractivity contribution in [2.45, 2.75) is 5.54 Å². The monoisotopic (exact) mass is 377 g/mol. The number of aromatic nitrogens is 2. The Balaban J connectivity index is 1.96. The van der Waals surface area contributed by atoms with Gasteiger partial charge < -0.3 is 16.0 Å². The first-order valence-electron chi connectivity index (χ1n) is 8.06. The van der Waals surface area contributed by atoms with Crippen LogP contribution in [0.4, 0.5) is 0 Å². The summed E-state index contributed by atoms with van der Waals surface area (Å²) in [5.74, 6) is -1.06. The Kier molecular flexibility index (Phi) is 3.97. The lowest BCUT2D eigenvalue weighted by molar-refractivity contribution is -0.121. The Morgan fingerprint density at radius 3 is 2.67 bits per heavy atom. The Bertz CT molecular complexity index is 1080. The molecule has 1 aliphatic rings. The lowest BCUT2D eigenvalue weighted by atomic mass is 9.87. The van der Waals surface area contributed by atoms with Crippen molar-refractivity contribution in [3.8, 4) is 16.1 Å². The highest BCUT2D eigenvalue weighted by molar-refractivity contribution is 7.14. The lowest BCUT2D eigenvalue weighted by Gasteiger charge is -2.24. The number of hydrogen-bond acceptors (Lipinski definition) is 5. The minimum atomic E-state index is -1.28. The van der Waals surface area contributed by atoms with Crippen LogP contribution in [0.1, 0.15) is 15.9 Å². The summed E-state index contributed by atoms with van der Waals surface area (Å²) >= 11 is 1.42. The van der Waals surface area contributed by atoms with Gasteiger partial charge in [0.25, 0.3) is 5.91 Å². The minimum absolute atomic E-state index is 0.452. The normalized spacial score (nSPS) is 18.1. The van der Waals surface area contributed by atoms with Crippen LogP contribution in [0.3, 0.4) is 0 Å². The van der Waals surface area contributed by atoms with Crippen LogP contribution in [0, 0.1) is 0 Å². The molecule has 7 nitrogen and oxygen atoms in total. The SMILES string of the molecule is NC(=O)c1ccsc1-c1ccc(C2(C(N)=O)C=CC=N2)c(-n2ccnc2)c1. The molecule has 4 N–H and O–H groups in total. The molecule has 0 bridgehead atoms. The molecule has 0 saturated carbocycles. The van der Waals surface area contributed by atoms with E-state index in [2.05, 4.69) is 9.98 Å². The van der Waals surface area contributed by atoms with Crippen molar-refractivity contribution in [2.24, 2.45) is 16.5 Å². The average molecular weight is 377 g/mol. The van der Waals surface area contributed by atoms with Gasteiger partial charge in [0.2, 0.25) is 5.91 Å². The molecule has 4 rings (SSSR count). The zero-order valence-corrected chi connectivity index (χ0v) is 14.9. The molecule has 2 aromatic heterocycles. The second-order valence-corrected chi connectivity index (χ2v) is 6.91. The molecule has 8 heteroatoms. The molecule has 0 saturated heterocycles. The second-order valence-electron chi connectivity index (χ2n) is 6.00. The summed E-state index contributed by atoms with van der Waals surface area (Å²) < 4.78 is 1.78. The minimum Gasteiger partial charge on any atom is -0.367 e. The van der Waals surface area contributed by atoms with E-state index in [9.17, 15) is 9.59 Å². The molecular weight excluding hydrogens is 362 g/mol. The molecule has 0 fully saturated rings. The highest BCUT2D eigenvalue weighted by Gasteiger charge is 2.39. The fourth-order valence-corrected chi connectivity index (χ4v) is 4.06. The van der Waals surface area contributed by atoms with Gasteiger partial charge in [-0.25, -0.2) is 4.98 Å². The predicted molar refractivity (Wildman–Crippen MR) is 104 cm³/mol. The maximum Gasteiger partial charge on any atom is 0.254 e. The Hall–Kier alpha value is -3.52. The number of primary amides is 2. The molecule has 27 heavy (non-hydrogen) atoms. The zero-order chi connectivity index (χ0) is 19.0. The number of imidazole rings is 1. The maximum atomic E-state index is 12.3. The molecule has 134 valence electrons. The standard InChI is InChI=1S/C19H15N5O2S/c20-17(25)13-4-9-27-16(13)12-2-3-14(15(10-12)24-8-7-22-11-24)19(18(21)26)5-1-6-23-19/h1-11H,(H2,20,25)(H2,21,26). The highest BCUT2D eigenvalue weighted by atomic mass is 32.1. The molecule has 1 aromatic carbocycles. The molecule has 0 aliphatic carbocycles. The van der Waals surface area contributed by atoms with Crippen molar-refractivity contribution in [1.82, 2.24) is 9.55 Å². The first kappa shape index (κ1) is 16.9. The molecule has 2 amide bonds. The fraction of sp³-hybridized carbons (Fsp3) is 0.0526. The van der Waals surface area contributed by atoms with E-state index in [4.69, 9.17) is 11.5 Å². The van der Waals surface area contributed by atoms with Crippen LogP contribution < -0.4 is 11.5 Å². The van der Waals surface area contributed by atoms with Crippen LogP contribution in [0.5, 0.6) is 0 Å². The summed E-state index contributed by atoms with van der Waals surface area (Å²) in [6.45, 7) is 0. The third kappa shape index (κ3) is 2.67. The van der Waals surface area contributed by atoms with Gasteiger partial charge in [-0.3, -0.25) is 14.6 Å². The Morgan fingerprint density at radius 1 is 1.19 bits per heavy atom. The number of amides is 2. The summed E-state index contributed by atoms with van der Waals surface area (Å²) in [6, 6.07) is 7.21. The molecule has 1 aliphatic heterocycles. The van der Waals surface area contributed by atoms with Gasteiger partial charge in [-0.1, -0.05) is 12.1 Å². The number of nitrogens with two attached hydrogens (primary N) is 2. The third-order valence-electron chi connectivity index (χ3n) is 4.46. The summed E-state index contributed by atoms with van der Waals surface area (Å²) in [5, 5.41) is 1.81. The largest absolute Gasteiger partial charge is 0.367 e. The summed E-state index contributed by atoms with van der Waals surface area (Å²) in [4.78, 5) is 33.2. The molecule has 1 atom stereocenters. The molecule has 1 unspecified atom stereocenters. The van der Waals surface area contributed by atoms with E-state index in [1.165, 1.54) is 11.3 Å². The number of nitrogens with zero attached hydrogens (tertiary/aromatic N) is 3. The van der Waals surface area contributed by atoms with Gasteiger partial charge in [0.05, 0.1) is 17.6 Å². The van der Waals surface area contributed by atoms with E-state index in [1.807, 2.05) is 17.5 Å². The first-order valence-corrected chi connectivity index (χ1v) is 8.94. The van der Waals surface area contributed by atoms with Crippen molar-refractivity contribution < 1.29 is 9.59 Å². The van der Waals surface area contributed by atoms with E-state index in [1.54, 1.807) is 53.8 Å². The van der Waals surface area contributed by atoms with Gasteiger partial charge >= 0.3 is 0 Å². The summed E-state index contributed by atoms with van der Waals surface area (Å²) in [7, 11) is 0. The van der Waals surface area contributed by atoms with Crippen molar-refractivity contribution >= 4 is 29.4 Å². The topological polar surface area (TPSA) is 116 Å². The van der Waals surface area contributed by atoms with E-state index in [-0.39, 0.29) is 0 Å². The Morgan fingerprint density at radius 2 is 2.04 bits per heavy atom. The van der Waals surface area contributed by atoms with Gasteiger partial charge in [-0.15, -0.1) is 11.3 Å². The number of carbonyl (C=O) groups excluding carboxylic acids is 2. The molecule has 3 aromatic rings. The number of rotatable bonds is 5. The molecule has 0 spiro atoms. The van der Waals surface area contributed by atoms with Gasteiger partial charge in [0, 0.05) is 29.0 Å². The van der Waals surface area contributed by atoms with Crippen LogP contribution in [0.25, 0.3) is 16.1 Å². The van der Waals surface area contributed by atoms with Crippen LogP contribution in [-0.4, -0.2) is 27.6 Å². The van der Waals surface area contributed by atoms with Crippen molar-refractivity contribution in [1.29, 1.82) is 0 Å². The number of thiophene rings is 1. The molecule has 3 heterocycles. The van der Waals surface area contributed by atoms with Gasteiger partial charge in [0.15, 0.2) is 5.54 Å². The number of carbonyl (C=O) groups is 2. The number of benzene rings is 1. The predicted octanol–water partition coefficient (Wildman–Crippen LogP) is 2.02. The lowest BCUT2D eigenvalue weighted by Crippen LogP contribution is -2.37. The third-order valence-corrected chi connectivity index (χ3v) is 5.42. The van der Waals surface area contributed by atoms with Crippen LogP contribution >= 0.6 is 11.3 Å². The van der Waals surface area contributed by atoms with E-state index >= 15 is 0 Å². The Labute approximate surface area is 158 Å². The maximum absolute atomic E-state index is 12.3. The van der Waals surface area contributed by atoms with Crippen molar-refractivity contribution in [3.63, 3.8) is 0 Å². The zero-order valence-electron chi connectivity index (χ0n) is 14.1. The number of allylic oxidation sites excluding steroid dienone is 1. The number of aliphatic imine (C=N–C) groups is 1. The average Bonchev–Trinajstić information content (AvgIpc) is 3.42. The van der Waals surface area contributed by atoms with Crippen LogP contribution in [-0.2, 0) is 10.3 Å². The van der Waals surface area contributed by atoms with Crippen molar-refractivity contribution in [2.75, 3.05) is 0 Å². The second kappa shape index (κ2) is 6.33. The summed E-state index contributed by atoms with van der Waals surface area (Å²) in [6.07, 6.45) is 9.96. The number of hydrogen-bond donors (Lipinski definition) is 2. The van der Waals surface area contributed by atoms with Crippen LogP contribution in [0.2, 0.25) is 0 Å². The first-order chi connectivity index (χ1) is 13.0.